The quantitative estimate of drug-likeness (QED) is 0.611. The van der Waals surface area contributed by atoms with E-state index in [4.69, 9.17) is 39.9 Å². The van der Waals surface area contributed by atoms with Gasteiger partial charge in [0.15, 0.2) is 0 Å². The lowest BCUT2D eigenvalue weighted by Crippen LogP contribution is -2.50. The van der Waals surface area contributed by atoms with Crippen molar-refractivity contribution >= 4 is 52.1 Å². The fraction of sp³-hybridized carbons (Fsp3) is 0.600. The minimum atomic E-state index is -0.281. The van der Waals surface area contributed by atoms with Gasteiger partial charge in [-0.05, 0) is 50.9 Å². The number of anilines is 1. The van der Waals surface area contributed by atoms with Crippen LogP contribution in [0.3, 0.4) is 0 Å². The second-order valence-corrected chi connectivity index (χ2v) is 8.98. The van der Waals surface area contributed by atoms with Gasteiger partial charge in [-0.3, -0.25) is 9.69 Å². The number of benzene rings is 1. The second-order valence-electron chi connectivity index (χ2n) is 7.73. The highest BCUT2D eigenvalue weighted by Crippen LogP contribution is 2.40. The van der Waals surface area contributed by atoms with Gasteiger partial charge >= 0.3 is 0 Å². The van der Waals surface area contributed by atoms with Gasteiger partial charge in [0.25, 0.3) is 5.91 Å². The lowest BCUT2D eigenvalue weighted by molar-refractivity contribution is -0.121. The zero-order valence-electron chi connectivity index (χ0n) is 15.3. The molecule has 0 N–H and O–H groups in total. The highest BCUT2D eigenvalue weighted by Gasteiger charge is 2.44. The Labute approximate surface area is 175 Å². The summed E-state index contributed by atoms with van der Waals surface area (Å²) in [5, 5.41) is 7.41. The molecule has 0 spiro atoms. The molecule has 27 heavy (non-hydrogen) atoms. The van der Waals surface area contributed by atoms with Crippen LogP contribution < -0.4 is 5.01 Å². The maximum absolute atomic E-state index is 13.5. The molecule has 1 aromatic rings. The lowest BCUT2D eigenvalue weighted by atomic mass is 9.82. The van der Waals surface area contributed by atoms with Crippen LogP contribution >= 0.6 is 34.8 Å². The molecule has 1 aliphatic carbocycles. The van der Waals surface area contributed by atoms with Crippen molar-refractivity contribution in [1.82, 2.24) is 4.90 Å². The van der Waals surface area contributed by atoms with Gasteiger partial charge in [-0.1, -0.05) is 60.5 Å². The molecule has 1 saturated heterocycles. The average Bonchev–Trinajstić information content (AvgIpc) is 2.99. The van der Waals surface area contributed by atoms with Crippen LogP contribution in [0.25, 0.3) is 0 Å². The minimum Gasteiger partial charge on any atom is -0.287 e. The zero-order chi connectivity index (χ0) is 19.0. The smallest absolute Gasteiger partial charge is 0.270 e. The number of carbonyl (C=O) groups is 1. The Morgan fingerprint density at radius 1 is 0.889 bits per heavy atom. The predicted molar refractivity (Wildman–Crippen MR) is 112 cm³/mol. The largest absolute Gasteiger partial charge is 0.287 e. The molecule has 2 heterocycles. The summed E-state index contributed by atoms with van der Waals surface area (Å²) in [5.74, 6) is 0.327. The molecule has 4 nitrogen and oxygen atoms in total. The Morgan fingerprint density at radius 2 is 1.48 bits per heavy atom. The average molecular weight is 429 g/mol. The molecule has 1 saturated carbocycles. The Morgan fingerprint density at radius 3 is 2.11 bits per heavy atom. The van der Waals surface area contributed by atoms with Gasteiger partial charge in [-0.15, -0.1) is 0 Å². The third-order valence-corrected chi connectivity index (χ3v) is 6.71. The first-order valence-corrected chi connectivity index (χ1v) is 11.0. The minimum absolute atomic E-state index is 0.0383. The molecule has 4 rings (SSSR count). The fourth-order valence-corrected chi connectivity index (χ4v) is 5.56. The van der Waals surface area contributed by atoms with E-state index in [1.54, 1.807) is 12.1 Å². The molecule has 146 valence electrons. The zero-order valence-corrected chi connectivity index (χ0v) is 17.5. The maximum Gasteiger partial charge on any atom is 0.270 e. The summed E-state index contributed by atoms with van der Waals surface area (Å²) in [6.07, 6.45) is 9.36. The summed E-state index contributed by atoms with van der Waals surface area (Å²) in [6.45, 7) is 1.89. The van der Waals surface area contributed by atoms with Crippen LogP contribution in [0.15, 0.2) is 17.2 Å². The number of piperidine rings is 1. The SMILES string of the molecule is O=C1C(N2CCCCC2)C(C2CCCCC2)=NN1c1c(Cl)cc(Cl)cc1Cl. The first-order valence-electron chi connectivity index (χ1n) is 9.87. The third-order valence-electron chi connectivity index (χ3n) is 5.91. The molecule has 2 aliphatic heterocycles. The molecule has 1 atom stereocenters. The lowest BCUT2D eigenvalue weighted by Gasteiger charge is -2.34. The summed E-state index contributed by atoms with van der Waals surface area (Å²) in [5.41, 5.74) is 1.45. The molecule has 2 fully saturated rings. The molecule has 0 bridgehead atoms. The topological polar surface area (TPSA) is 35.9 Å². The van der Waals surface area contributed by atoms with Crippen molar-refractivity contribution in [2.45, 2.75) is 57.4 Å². The standard InChI is InChI=1S/C20H24Cl3N3O/c21-14-11-15(22)18(16(23)12-14)26-20(27)19(25-9-5-2-6-10-25)17(24-26)13-7-3-1-4-8-13/h11-13,19H,1-10H2. The van der Waals surface area contributed by atoms with E-state index in [1.165, 1.54) is 30.7 Å². The van der Waals surface area contributed by atoms with Gasteiger partial charge < -0.3 is 0 Å². The van der Waals surface area contributed by atoms with Crippen LogP contribution in [0, 0.1) is 5.92 Å². The van der Waals surface area contributed by atoms with Crippen LogP contribution in [-0.2, 0) is 4.79 Å². The Balaban J connectivity index is 1.72. The Hall–Kier alpha value is -0.810. The van der Waals surface area contributed by atoms with Crippen LogP contribution in [0.1, 0.15) is 51.4 Å². The van der Waals surface area contributed by atoms with Crippen molar-refractivity contribution in [1.29, 1.82) is 0 Å². The van der Waals surface area contributed by atoms with Crippen molar-refractivity contribution in [3.8, 4) is 0 Å². The highest BCUT2D eigenvalue weighted by atomic mass is 35.5. The number of likely N-dealkylation sites (tertiary alicyclic amines) is 1. The molecular formula is C20H24Cl3N3O. The van der Waals surface area contributed by atoms with Gasteiger partial charge in [-0.25, -0.2) is 0 Å². The molecular weight excluding hydrogens is 405 g/mol. The van der Waals surface area contributed by atoms with E-state index in [2.05, 4.69) is 4.90 Å². The van der Waals surface area contributed by atoms with Crippen molar-refractivity contribution < 1.29 is 4.79 Å². The Kier molecular flexibility index (Phi) is 5.98. The molecule has 3 aliphatic rings. The first-order chi connectivity index (χ1) is 13.1. The monoisotopic (exact) mass is 427 g/mol. The van der Waals surface area contributed by atoms with E-state index < -0.39 is 0 Å². The summed E-state index contributed by atoms with van der Waals surface area (Å²) in [6, 6.07) is 2.94. The van der Waals surface area contributed by atoms with Gasteiger partial charge in [0.1, 0.15) is 11.7 Å². The molecule has 1 amide bonds. The predicted octanol–water partition coefficient (Wildman–Crippen LogP) is 5.78. The van der Waals surface area contributed by atoms with Crippen molar-refractivity contribution in [3.63, 3.8) is 0 Å². The number of amides is 1. The van der Waals surface area contributed by atoms with Crippen LogP contribution in [0.5, 0.6) is 0 Å². The number of nitrogens with zero attached hydrogens (tertiary/aromatic N) is 3. The van der Waals surface area contributed by atoms with E-state index in [0.29, 0.717) is 26.7 Å². The van der Waals surface area contributed by atoms with Gasteiger partial charge in [0.05, 0.1) is 15.8 Å². The maximum atomic E-state index is 13.5. The highest BCUT2D eigenvalue weighted by molar-refractivity contribution is 6.43. The van der Waals surface area contributed by atoms with E-state index >= 15 is 0 Å². The van der Waals surface area contributed by atoms with Crippen LogP contribution in [-0.4, -0.2) is 35.7 Å². The van der Waals surface area contributed by atoms with E-state index in [1.807, 2.05) is 0 Å². The molecule has 0 aromatic heterocycles. The van der Waals surface area contributed by atoms with Gasteiger partial charge in [0, 0.05) is 10.9 Å². The van der Waals surface area contributed by atoms with E-state index in [9.17, 15) is 4.79 Å². The summed E-state index contributed by atoms with van der Waals surface area (Å²) < 4.78 is 0. The fourth-order valence-electron chi connectivity index (χ4n) is 4.58. The van der Waals surface area contributed by atoms with E-state index in [0.717, 1.165) is 44.5 Å². The van der Waals surface area contributed by atoms with Crippen LogP contribution in [0.4, 0.5) is 5.69 Å². The second kappa shape index (κ2) is 8.28. The molecule has 7 heteroatoms. The number of hydrogen-bond acceptors (Lipinski definition) is 3. The molecule has 0 radical (unpaired) electrons. The van der Waals surface area contributed by atoms with Crippen molar-refractivity contribution in [2.24, 2.45) is 11.0 Å². The summed E-state index contributed by atoms with van der Waals surface area (Å²) >= 11 is 18.9. The number of halogens is 3. The van der Waals surface area contributed by atoms with Gasteiger partial charge in [-0.2, -0.15) is 10.1 Å². The number of hydrogen-bond donors (Lipinski definition) is 0. The number of rotatable bonds is 3. The van der Waals surface area contributed by atoms with Crippen LogP contribution in [0.2, 0.25) is 15.1 Å². The number of carbonyl (C=O) groups excluding carboxylic acids is 1. The number of hydrazone groups is 1. The molecule has 1 aromatic carbocycles. The first kappa shape index (κ1) is 19.5. The van der Waals surface area contributed by atoms with Gasteiger partial charge in [0.2, 0.25) is 0 Å². The van der Waals surface area contributed by atoms with E-state index in [-0.39, 0.29) is 11.9 Å². The summed E-state index contributed by atoms with van der Waals surface area (Å²) in [4.78, 5) is 15.8. The summed E-state index contributed by atoms with van der Waals surface area (Å²) in [7, 11) is 0. The van der Waals surface area contributed by atoms with Crippen molar-refractivity contribution in [3.05, 3.63) is 27.2 Å². The normalized spacial score (nSPS) is 25.1. The van der Waals surface area contributed by atoms with Crippen molar-refractivity contribution in [2.75, 3.05) is 18.1 Å². The Bertz CT molecular complexity index is 732. The third kappa shape index (κ3) is 3.87. The molecule has 1 unspecified atom stereocenters.